The summed E-state index contributed by atoms with van der Waals surface area (Å²) in [7, 11) is 0. The number of rotatable bonds is 7. The number of hydrogen-bond acceptors (Lipinski definition) is 5. The number of halogens is 1. The highest BCUT2D eigenvalue weighted by Crippen LogP contribution is 2.34. The number of aryl methyl sites for hydroxylation is 1. The fraction of sp³-hybridized carbons (Fsp3) is 0.333. The van der Waals surface area contributed by atoms with Gasteiger partial charge in [0.1, 0.15) is 5.00 Å². The van der Waals surface area contributed by atoms with Crippen LogP contribution in [-0.2, 0) is 16.0 Å². The number of hydrogen-bond donors (Lipinski definition) is 1. The monoisotopic (exact) mass is 397 g/mol. The van der Waals surface area contributed by atoms with Gasteiger partial charge in [-0.3, -0.25) is 4.79 Å². The zero-order valence-corrected chi connectivity index (χ0v) is 16.7. The Balaban J connectivity index is 2.12. The van der Waals surface area contributed by atoms with E-state index >= 15 is 0 Å². The molecule has 0 saturated carbocycles. The van der Waals surface area contributed by atoms with Crippen LogP contribution in [0.1, 0.15) is 34.6 Å². The summed E-state index contributed by atoms with van der Waals surface area (Å²) in [6, 6.07) is 7.38. The van der Waals surface area contributed by atoms with Crippen molar-refractivity contribution in [1.82, 2.24) is 0 Å². The number of ether oxygens (including phenoxy) is 1. The number of anilines is 1. The van der Waals surface area contributed by atoms with Gasteiger partial charge < -0.3 is 10.1 Å². The third kappa shape index (κ3) is 5.00. The van der Waals surface area contributed by atoms with Crippen LogP contribution in [0.4, 0.5) is 5.00 Å². The van der Waals surface area contributed by atoms with Gasteiger partial charge in [0, 0.05) is 9.77 Å². The van der Waals surface area contributed by atoms with Crippen molar-refractivity contribution in [2.75, 3.05) is 17.7 Å². The zero-order chi connectivity index (χ0) is 18.4. The summed E-state index contributed by atoms with van der Waals surface area (Å²) in [5.41, 5.74) is 1.33. The zero-order valence-electron chi connectivity index (χ0n) is 14.3. The lowest BCUT2D eigenvalue weighted by molar-refractivity contribution is -0.113. The lowest BCUT2D eigenvalue weighted by Gasteiger charge is -2.07. The van der Waals surface area contributed by atoms with Gasteiger partial charge in [0.05, 0.1) is 22.9 Å². The molecule has 2 rings (SSSR count). The van der Waals surface area contributed by atoms with Crippen LogP contribution in [0, 0.1) is 6.92 Å². The molecule has 7 heteroatoms. The minimum Gasteiger partial charge on any atom is -0.462 e. The van der Waals surface area contributed by atoms with Crippen LogP contribution >= 0.6 is 34.7 Å². The van der Waals surface area contributed by atoms with Crippen molar-refractivity contribution in [2.45, 2.75) is 32.1 Å². The second kappa shape index (κ2) is 9.27. The van der Waals surface area contributed by atoms with E-state index in [1.54, 1.807) is 13.0 Å². The molecular weight excluding hydrogens is 378 g/mol. The van der Waals surface area contributed by atoms with E-state index in [0.717, 1.165) is 21.8 Å². The maximum absolute atomic E-state index is 12.3. The highest BCUT2D eigenvalue weighted by Gasteiger charge is 2.23. The first-order valence-corrected chi connectivity index (χ1v) is 10.1. The Kier molecular flexibility index (Phi) is 7.35. The van der Waals surface area contributed by atoms with Gasteiger partial charge >= 0.3 is 5.97 Å². The first kappa shape index (κ1) is 19.8. The van der Waals surface area contributed by atoms with Gasteiger partial charge in [-0.1, -0.05) is 30.7 Å². The van der Waals surface area contributed by atoms with E-state index < -0.39 is 5.97 Å². The molecule has 2 aromatic rings. The quantitative estimate of drug-likeness (QED) is 0.516. The second-order valence-electron chi connectivity index (χ2n) is 5.20. The van der Waals surface area contributed by atoms with Gasteiger partial charge in [-0.15, -0.1) is 23.1 Å². The van der Waals surface area contributed by atoms with Crippen LogP contribution in [0.5, 0.6) is 0 Å². The minimum absolute atomic E-state index is 0.181. The third-order valence-electron chi connectivity index (χ3n) is 3.49. The van der Waals surface area contributed by atoms with E-state index in [-0.39, 0.29) is 11.7 Å². The maximum Gasteiger partial charge on any atom is 0.341 e. The Hall–Kier alpha value is -1.50. The molecule has 134 valence electrons. The van der Waals surface area contributed by atoms with Gasteiger partial charge in [0.2, 0.25) is 5.91 Å². The highest BCUT2D eigenvalue weighted by atomic mass is 35.5. The van der Waals surface area contributed by atoms with E-state index in [0.29, 0.717) is 22.2 Å². The topological polar surface area (TPSA) is 55.4 Å². The summed E-state index contributed by atoms with van der Waals surface area (Å²) in [6.07, 6.45) is 0.799. The Morgan fingerprint density at radius 3 is 2.64 bits per heavy atom. The molecule has 1 aromatic carbocycles. The standard InChI is InChI=1S/C18H20ClNO3S2/c1-4-13-11(3)16(18(22)23-5-2)17(25-13)20-15(21)10-24-14-9-7-6-8-12(14)19/h6-9H,4-5,10H2,1-3H3,(H,20,21). The molecule has 1 aromatic heterocycles. The molecule has 25 heavy (non-hydrogen) atoms. The normalized spacial score (nSPS) is 10.6. The van der Waals surface area contributed by atoms with Crippen molar-refractivity contribution in [3.05, 3.63) is 45.3 Å². The van der Waals surface area contributed by atoms with Crippen LogP contribution in [-0.4, -0.2) is 24.2 Å². The van der Waals surface area contributed by atoms with Crippen molar-refractivity contribution < 1.29 is 14.3 Å². The fourth-order valence-electron chi connectivity index (χ4n) is 2.30. The molecule has 1 N–H and O–H groups in total. The fourth-order valence-corrected chi connectivity index (χ4v) is 4.49. The Labute approximate surface area is 160 Å². The summed E-state index contributed by atoms with van der Waals surface area (Å²) in [5, 5.41) is 4.02. The Bertz CT molecular complexity index is 774. The predicted octanol–water partition coefficient (Wildman–Crippen LogP) is 5.18. The smallest absolute Gasteiger partial charge is 0.341 e. The summed E-state index contributed by atoms with van der Waals surface area (Å²) < 4.78 is 5.13. The first-order valence-electron chi connectivity index (χ1n) is 7.94. The predicted molar refractivity (Wildman–Crippen MR) is 105 cm³/mol. The number of nitrogens with one attached hydrogen (secondary N) is 1. The van der Waals surface area contributed by atoms with E-state index in [4.69, 9.17) is 16.3 Å². The van der Waals surface area contributed by atoms with Crippen molar-refractivity contribution in [2.24, 2.45) is 0 Å². The summed E-state index contributed by atoms with van der Waals surface area (Å²) in [6.45, 7) is 5.96. The Morgan fingerprint density at radius 1 is 1.28 bits per heavy atom. The van der Waals surface area contributed by atoms with Crippen molar-refractivity contribution in [1.29, 1.82) is 0 Å². The number of amides is 1. The molecule has 0 aliphatic heterocycles. The summed E-state index contributed by atoms with van der Waals surface area (Å²) in [5.74, 6) is -0.367. The Morgan fingerprint density at radius 2 is 2.00 bits per heavy atom. The average Bonchev–Trinajstić information content (AvgIpc) is 2.89. The third-order valence-corrected chi connectivity index (χ3v) is 6.36. The lowest BCUT2D eigenvalue weighted by Crippen LogP contribution is -2.16. The van der Waals surface area contributed by atoms with Crippen LogP contribution in [0.2, 0.25) is 5.02 Å². The molecule has 0 bridgehead atoms. The van der Waals surface area contributed by atoms with E-state index in [2.05, 4.69) is 5.32 Å². The molecule has 0 fully saturated rings. The van der Waals surface area contributed by atoms with E-state index in [1.165, 1.54) is 23.1 Å². The summed E-state index contributed by atoms with van der Waals surface area (Å²) in [4.78, 5) is 26.5. The summed E-state index contributed by atoms with van der Waals surface area (Å²) >= 11 is 8.89. The average molecular weight is 398 g/mol. The number of esters is 1. The lowest BCUT2D eigenvalue weighted by atomic mass is 10.1. The van der Waals surface area contributed by atoms with Crippen molar-refractivity contribution >= 4 is 51.6 Å². The molecule has 1 heterocycles. The van der Waals surface area contributed by atoms with Gasteiger partial charge in [-0.2, -0.15) is 0 Å². The van der Waals surface area contributed by atoms with E-state index in [9.17, 15) is 9.59 Å². The van der Waals surface area contributed by atoms with Crippen molar-refractivity contribution in [3.8, 4) is 0 Å². The van der Waals surface area contributed by atoms with Crippen LogP contribution in [0.25, 0.3) is 0 Å². The number of thiophene rings is 1. The van der Waals surface area contributed by atoms with Crippen LogP contribution in [0.15, 0.2) is 29.2 Å². The van der Waals surface area contributed by atoms with Gasteiger partial charge in [-0.25, -0.2) is 4.79 Å². The number of thioether (sulfide) groups is 1. The minimum atomic E-state index is -0.398. The van der Waals surface area contributed by atoms with Crippen LogP contribution in [0.3, 0.4) is 0 Å². The molecule has 4 nitrogen and oxygen atoms in total. The second-order valence-corrected chi connectivity index (χ2v) is 7.73. The number of carbonyl (C=O) groups is 2. The van der Waals surface area contributed by atoms with Crippen molar-refractivity contribution in [3.63, 3.8) is 0 Å². The number of carbonyl (C=O) groups excluding carboxylic acids is 2. The van der Waals surface area contributed by atoms with Gasteiger partial charge in [-0.05, 0) is 38.0 Å². The maximum atomic E-state index is 12.3. The number of benzene rings is 1. The molecule has 0 unspecified atom stereocenters. The van der Waals surface area contributed by atoms with E-state index in [1.807, 2.05) is 32.0 Å². The molecule has 0 saturated heterocycles. The largest absolute Gasteiger partial charge is 0.462 e. The van der Waals surface area contributed by atoms with Gasteiger partial charge in [0.15, 0.2) is 0 Å². The highest BCUT2D eigenvalue weighted by molar-refractivity contribution is 8.00. The molecule has 1 amide bonds. The van der Waals surface area contributed by atoms with Crippen LogP contribution < -0.4 is 5.32 Å². The molecular formula is C18H20ClNO3S2. The van der Waals surface area contributed by atoms with Gasteiger partial charge in [0.25, 0.3) is 0 Å². The molecule has 0 atom stereocenters. The SMILES string of the molecule is CCOC(=O)c1c(NC(=O)CSc2ccccc2Cl)sc(CC)c1C. The first-order chi connectivity index (χ1) is 12.0. The molecule has 0 spiro atoms. The molecule has 0 radical (unpaired) electrons. The molecule has 0 aliphatic carbocycles. The molecule has 0 aliphatic rings.